The minimum Gasteiger partial charge on any atom is -0.465 e. The van der Waals surface area contributed by atoms with Gasteiger partial charge in [0.25, 0.3) is 0 Å². The summed E-state index contributed by atoms with van der Waals surface area (Å²) in [7, 11) is 0. The quantitative estimate of drug-likeness (QED) is 0.0553. The van der Waals surface area contributed by atoms with Crippen LogP contribution in [-0.4, -0.2) is 49.4 Å². The summed E-state index contributed by atoms with van der Waals surface area (Å²) in [6.07, 6.45) is -7.00. The van der Waals surface area contributed by atoms with Crippen molar-refractivity contribution < 1.29 is 58.5 Å². The third-order valence-electron chi connectivity index (χ3n) is 6.12. The van der Waals surface area contributed by atoms with Crippen LogP contribution in [0.15, 0.2) is 67.3 Å². The van der Waals surface area contributed by atoms with Crippen LogP contribution in [-0.2, 0) is 14.3 Å². The summed E-state index contributed by atoms with van der Waals surface area (Å²) < 4.78 is 136. The molecule has 0 saturated carbocycles. The van der Waals surface area contributed by atoms with E-state index in [1.807, 2.05) is 0 Å². The minimum absolute atomic E-state index is 0.154. The monoisotopic (exact) mass is 614 g/mol. The zero-order chi connectivity index (χ0) is 31.4. The Labute approximate surface area is 237 Å². The Morgan fingerprint density at radius 3 is 1.79 bits per heavy atom. The Balaban J connectivity index is 2.03. The molecule has 0 aromatic heterocycles. The number of rotatable bonds is 18. The molecule has 0 heterocycles. The molecule has 0 saturated heterocycles. The molecule has 1 unspecified atom stereocenters. The summed E-state index contributed by atoms with van der Waals surface area (Å²) in [6, 6.07) is 14.5. The lowest BCUT2D eigenvalue weighted by molar-refractivity contribution is -0.400. The van der Waals surface area contributed by atoms with Crippen molar-refractivity contribution in [2.75, 3.05) is 13.2 Å². The first kappa shape index (κ1) is 35.0. The number of benzene rings is 2. The standard InChI is InChI=1S/C29H31F9O4/c1-2-24(39)40-18-10-5-3-4-6-11-19-41-25(20-26(30,31)27(32,33)28(34,35)29(36,37)38)42-23-16-14-22(15-17-23)21-12-8-7-9-13-21/h2,7-9,12-17,25H,1,3-6,10-11,18-20H2. The first-order chi connectivity index (χ1) is 19.6. The van der Waals surface area contributed by atoms with E-state index in [0.717, 1.165) is 18.1 Å². The van der Waals surface area contributed by atoms with E-state index in [1.54, 1.807) is 30.3 Å². The van der Waals surface area contributed by atoms with Gasteiger partial charge in [0.1, 0.15) is 5.75 Å². The van der Waals surface area contributed by atoms with Crippen molar-refractivity contribution in [1.29, 1.82) is 0 Å². The molecular weight excluding hydrogens is 583 g/mol. The molecule has 42 heavy (non-hydrogen) atoms. The van der Waals surface area contributed by atoms with Gasteiger partial charge < -0.3 is 14.2 Å². The van der Waals surface area contributed by atoms with Crippen molar-refractivity contribution in [3.05, 3.63) is 67.3 Å². The first-order valence-electron chi connectivity index (χ1n) is 13.1. The fourth-order valence-corrected chi connectivity index (χ4v) is 3.75. The van der Waals surface area contributed by atoms with Crippen molar-refractivity contribution in [2.45, 2.75) is 75.2 Å². The molecular formula is C29H31F9O4. The molecule has 234 valence electrons. The van der Waals surface area contributed by atoms with Gasteiger partial charge in [-0.15, -0.1) is 0 Å². The third-order valence-corrected chi connectivity index (χ3v) is 6.12. The van der Waals surface area contributed by atoms with E-state index < -0.39 is 42.6 Å². The SMILES string of the molecule is C=CC(=O)OCCCCCCCCOC(CC(F)(F)C(F)(F)C(F)(F)C(F)(F)F)Oc1ccc(-c2ccccc2)cc1. The average molecular weight is 615 g/mol. The maximum atomic E-state index is 14.4. The predicted molar refractivity (Wildman–Crippen MR) is 137 cm³/mol. The van der Waals surface area contributed by atoms with Gasteiger partial charge in [0.2, 0.25) is 6.29 Å². The molecule has 4 nitrogen and oxygen atoms in total. The van der Waals surface area contributed by atoms with Crippen molar-refractivity contribution in [3.63, 3.8) is 0 Å². The topological polar surface area (TPSA) is 44.8 Å². The number of halogens is 9. The smallest absolute Gasteiger partial charge is 0.460 e. The van der Waals surface area contributed by atoms with Crippen LogP contribution in [0.25, 0.3) is 11.1 Å². The Kier molecular flexibility index (Phi) is 12.7. The number of carbonyl (C=O) groups is 1. The maximum absolute atomic E-state index is 14.4. The Bertz CT molecular complexity index is 1100. The second-order valence-electron chi connectivity index (χ2n) is 9.36. The van der Waals surface area contributed by atoms with Gasteiger partial charge in [-0.05, 0) is 36.1 Å². The van der Waals surface area contributed by atoms with Gasteiger partial charge in [-0.1, -0.05) is 74.7 Å². The number of esters is 1. The average Bonchev–Trinajstić information content (AvgIpc) is 2.93. The van der Waals surface area contributed by atoms with Gasteiger partial charge in [-0.2, -0.15) is 39.5 Å². The van der Waals surface area contributed by atoms with E-state index in [4.69, 9.17) is 14.2 Å². The van der Waals surface area contributed by atoms with Crippen molar-refractivity contribution in [1.82, 2.24) is 0 Å². The minimum atomic E-state index is -7.00. The van der Waals surface area contributed by atoms with E-state index >= 15 is 0 Å². The molecule has 0 spiro atoms. The Morgan fingerprint density at radius 1 is 0.714 bits per heavy atom. The summed E-state index contributed by atoms with van der Waals surface area (Å²) in [5.41, 5.74) is 1.47. The lowest BCUT2D eigenvalue weighted by Crippen LogP contribution is -2.61. The second kappa shape index (κ2) is 15.3. The molecule has 2 aromatic carbocycles. The van der Waals surface area contributed by atoms with E-state index in [1.165, 1.54) is 24.3 Å². The zero-order valence-electron chi connectivity index (χ0n) is 22.5. The maximum Gasteiger partial charge on any atom is 0.460 e. The van der Waals surface area contributed by atoms with Crippen LogP contribution >= 0.6 is 0 Å². The van der Waals surface area contributed by atoms with Crippen LogP contribution < -0.4 is 4.74 Å². The van der Waals surface area contributed by atoms with Crippen LogP contribution in [0.5, 0.6) is 5.75 Å². The Hall–Kier alpha value is -3.22. The number of carbonyl (C=O) groups excluding carboxylic acids is 1. The van der Waals surface area contributed by atoms with E-state index in [9.17, 15) is 44.3 Å². The van der Waals surface area contributed by atoms with Crippen molar-refractivity contribution in [2.24, 2.45) is 0 Å². The molecule has 13 heteroatoms. The van der Waals surface area contributed by atoms with E-state index in [0.29, 0.717) is 31.2 Å². The van der Waals surface area contributed by atoms with Gasteiger partial charge in [0, 0.05) is 6.08 Å². The largest absolute Gasteiger partial charge is 0.465 e. The molecule has 2 rings (SSSR count). The highest BCUT2D eigenvalue weighted by atomic mass is 19.4. The summed E-state index contributed by atoms with van der Waals surface area (Å²) in [5.74, 6) is -20.3. The third kappa shape index (κ3) is 9.67. The summed E-state index contributed by atoms with van der Waals surface area (Å²) in [5, 5.41) is 0. The van der Waals surface area contributed by atoms with Crippen LogP contribution in [0, 0.1) is 0 Å². The summed E-state index contributed by atoms with van der Waals surface area (Å²) in [6.45, 7) is 3.16. The van der Waals surface area contributed by atoms with E-state index in [2.05, 4.69) is 6.58 Å². The number of hydrogen-bond acceptors (Lipinski definition) is 4. The molecule has 2 aromatic rings. The van der Waals surface area contributed by atoms with Crippen molar-refractivity contribution >= 4 is 5.97 Å². The van der Waals surface area contributed by atoms with Crippen molar-refractivity contribution in [3.8, 4) is 16.9 Å². The highest BCUT2D eigenvalue weighted by Gasteiger charge is 2.81. The lowest BCUT2D eigenvalue weighted by atomic mass is 10.0. The number of unbranched alkanes of at least 4 members (excludes halogenated alkanes) is 5. The number of alkyl halides is 9. The number of hydrogen-bond donors (Lipinski definition) is 0. The fourth-order valence-electron chi connectivity index (χ4n) is 3.75. The zero-order valence-corrected chi connectivity index (χ0v) is 22.5. The van der Waals surface area contributed by atoms with Gasteiger partial charge in [-0.25, -0.2) is 4.79 Å². The van der Waals surface area contributed by atoms with Crippen LogP contribution in [0.2, 0.25) is 0 Å². The molecule has 0 bridgehead atoms. The molecule has 1 atom stereocenters. The van der Waals surface area contributed by atoms with Gasteiger partial charge in [0.05, 0.1) is 19.6 Å². The number of ether oxygens (including phenoxy) is 3. The lowest BCUT2D eigenvalue weighted by Gasteiger charge is -2.35. The van der Waals surface area contributed by atoms with Gasteiger partial charge in [-0.3, -0.25) is 0 Å². The molecule has 0 radical (unpaired) electrons. The van der Waals surface area contributed by atoms with Gasteiger partial charge in [0.15, 0.2) is 0 Å². The van der Waals surface area contributed by atoms with E-state index in [-0.39, 0.29) is 25.4 Å². The summed E-state index contributed by atoms with van der Waals surface area (Å²) >= 11 is 0. The predicted octanol–water partition coefficient (Wildman–Crippen LogP) is 9.00. The molecule has 0 amide bonds. The fraction of sp³-hybridized carbons (Fsp3) is 0.483. The highest BCUT2D eigenvalue weighted by molar-refractivity contribution is 5.81. The molecule has 0 aliphatic heterocycles. The first-order valence-corrected chi connectivity index (χ1v) is 13.1. The normalized spacial score (nSPS) is 13.5. The molecule has 0 aliphatic rings. The van der Waals surface area contributed by atoms with Gasteiger partial charge >= 0.3 is 29.9 Å². The summed E-state index contributed by atoms with van der Waals surface area (Å²) in [4.78, 5) is 11.0. The molecule has 0 N–H and O–H groups in total. The second-order valence-corrected chi connectivity index (χ2v) is 9.36. The van der Waals surface area contributed by atoms with Crippen LogP contribution in [0.4, 0.5) is 39.5 Å². The Morgan fingerprint density at radius 2 is 1.24 bits per heavy atom. The molecule has 0 fully saturated rings. The van der Waals surface area contributed by atoms with Crippen LogP contribution in [0.1, 0.15) is 44.9 Å². The molecule has 0 aliphatic carbocycles. The van der Waals surface area contributed by atoms with Crippen LogP contribution in [0.3, 0.4) is 0 Å². The highest BCUT2D eigenvalue weighted by Crippen LogP contribution is 2.54.